The summed E-state index contributed by atoms with van der Waals surface area (Å²) in [5.74, 6) is -0.630. The van der Waals surface area contributed by atoms with Gasteiger partial charge in [-0.1, -0.05) is 23.3 Å². The fourth-order valence-electron chi connectivity index (χ4n) is 1.73. The second-order valence-electron chi connectivity index (χ2n) is 4.29. The number of amides is 2. The first-order chi connectivity index (χ1) is 8.00. The van der Waals surface area contributed by atoms with Crippen LogP contribution in [-0.4, -0.2) is 11.8 Å². The van der Waals surface area contributed by atoms with E-state index in [-0.39, 0.29) is 17.4 Å². The van der Waals surface area contributed by atoms with Gasteiger partial charge in [0.15, 0.2) is 0 Å². The van der Waals surface area contributed by atoms with Crippen molar-refractivity contribution in [1.82, 2.24) is 5.43 Å². The predicted molar refractivity (Wildman–Crippen MR) is 65.2 cm³/mol. The summed E-state index contributed by atoms with van der Waals surface area (Å²) in [6.07, 6.45) is 0. The fourth-order valence-corrected chi connectivity index (χ4v) is 1.73. The van der Waals surface area contributed by atoms with E-state index in [1.807, 2.05) is 19.1 Å². The van der Waals surface area contributed by atoms with E-state index < -0.39 is 0 Å². The Labute approximate surface area is 99.9 Å². The molecular weight excluding hydrogens is 216 g/mol. The van der Waals surface area contributed by atoms with Crippen molar-refractivity contribution in [3.63, 3.8) is 0 Å². The van der Waals surface area contributed by atoms with Gasteiger partial charge in [0.1, 0.15) is 5.57 Å². The molecule has 1 N–H and O–H groups in total. The highest BCUT2D eigenvalue weighted by Crippen LogP contribution is 2.21. The standard InChI is InChI=1S/C13H14N2O2/c1-8(2)11-12(16)14-15(13(11)17)10-6-4-9(3)5-7-10/h4-7H,1-3H3,(H,14,16). The molecule has 0 aliphatic carbocycles. The molecule has 1 aromatic carbocycles. The van der Waals surface area contributed by atoms with Crippen molar-refractivity contribution in [2.75, 3.05) is 5.01 Å². The highest BCUT2D eigenvalue weighted by molar-refractivity contribution is 6.29. The number of carbonyl (C=O) groups is 2. The predicted octanol–water partition coefficient (Wildman–Crippen LogP) is 1.71. The molecule has 1 heterocycles. The van der Waals surface area contributed by atoms with Crippen molar-refractivity contribution in [3.8, 4) is 0 Å². The third-order valence-corrected chi connectivity index (χ3v) is 2.65. The van der Waals surface area contributed by atoms with Gasteiger partial charge in [-0.05, 0) is 32.9 Å². The number of anilines is 1. The molecule has 17 heavy (non-hydrogen) atoms. The maximum atomic E-state index is 12.0. The van der Waals surface area contributed by atoms with Crippen molar-refractivity contribution >= 4 is 17.5 Å². The molecular formula is C13H14N2O2. The van der Waals surface area contributed by atoms with Crippen LogP contribution in [0.1, 0.15) is 19.4 Å². The van der Waals surface area contributed by atoms with E-state index in [1.54, 1.807) is 26.0 Å². The van der Waals surface area contributed by atoms with Gasteiger partial charge in [-0.2, -0.15) is 0 Å². The van der Waals surface area contributed by atoms with Crippen LogP contribution in [0.5, 0.6) is 0 Å². The Bertz CT molecular complexity index is 511. The molecule has 1 aliphatic rings. The first-order valence-corrected chi connectivity index (χ1v) is 5.40. The number of nitrogens with zero attached hydrogens (tertiary/aromatic N) is 1. The van der Waals surface area contributed by atoms with E-state index in [1.165, 1.54) is 5.01 Å². The smallest absolute Gasteiger partial charge is 0.267 e. The SMILES string of the molecule is CC(C)=C1C(=O)NN(c2ccc(C)cc2)C1=O. The molecule has 0 saturated carbocycles. The lowest BCUT2D eigenvalue weighted by atomic mass is 10.1. The zero-order chi connectivity index (χ0) is 12.6. The summed E-state index contributed by atoms with van der Waals surface area (Å²) >= 11 is 0. The second-order valence-corrected chi connectivity index (χ2v) is 4.29. The zero-order valence-electron chi connectivity index (χ0n) is 10.1. The van der Waals surface area contributed by atoms with E-state index in [0.717, 1.165) is 11.1 Å². The third-order valence-electron chi connectivity index (χ3n) is 2.65. The molecule has 0 unspecified atom stereocenters. The summed E-state index contributed by atoms with van der Waals surface area (Å²) in [5.41, 5.74) is 5.29. The lowest BCUT2D eigenvalue weighted by molar-refractivity contribution is -0.117. The summed E-state index contributed by atoms with van der Waals surface area (Å²) in [6.45, 7) is 5.48. The van der Waals surface area contributed by atoms with Crippen LogP contribution in [0.25, 0.3) is 0 Å². The largest absolute Gasteiger partial charge is 0.282 e. The van der Waals surface area contributed by atoms with Crippen LogP contribution in [0.4, 0.5) is 5.69 Å². The minimum absolute atomic E-state index is 0.227. The van der Waals surface area contributed by atoms with Gasteiger partial charge in [-0.25, -0.2) is 5.01 Å². The Kier molecular flexibility index (Phi) is 2.71. The number of carbonyl (C=O) groups excluding carboxylic acids is 2. The molecule has 1 aromatic rings. The van der Waals surface area contributed by atoms with Crippen LogP contribution in [-0.2, 0) is 9.59 Å². The van der Waals surface area contributed by atoms with Gasteiger partial charge in [0.25, 0.3) is 11.8 Å². The maximum absolute atomic E-state index is 12.0. The molecule has 1 fully saturated rings. The molecule has 0 bridgehead atoms. The van der Waals surface area contributed by atoms with Gasteiger partial charge in [0.2, 0.25) is 0 Å². The highest BCUT2D eigenvalue weighted by Gasteiger charge is 2.34. The van der Waals surface area contributed by atoms with Crippen molar-refractivity contribution in [3.05, 3.63) is 41.0 Å². The van der Waals surface area contributed by atoms with Crippen LogP contribution >= 0.6 is 0 Å². The number of hydrogen-bond acceptors (Lipinski definition) is 2. The molecule has 1 aliphatic heterocycles. The van der Waals surface area contributed by atoms with Gasteiger partial charge < -0.3 is 0 Å². The number of nitrogens with one attached hydrogen (secondary N) is 1. The monoisotopic (exact) mass is 230 g/mol. The Morgan fingerprint density at radius 1 is 1.12 bits per heavy atom. The van der Waals surface area contributed by atoms with E-state index >= 15 is 0 Å². The van der Waals surface area contributed by atoms with Gasteiger partial charge in [-0.3, -0.25) is 15.0 Å². The summed E-state index contributed by atoms with van der Waals surface area (Å²) in [7, 11) is 0. The zero-order valence-corrected chi connectivity index (χ0v) is 10.1. The topological polar surface area (TPSA) is 49.4 Å². The minimum atomic E-state index is -0.337. The van der Waals surface area contributed by atoms with E-state index in [0.29, 0.717) is 5.69 Å². The molecule has 2 rings (SSSR count). The van der Waals surface area contributed by atoms with Crippen molar-refractivity contribution < 1.29 is 9.59 Å². The summed E-state index contributed by atoms with van der Waals surface area (Å²) in [5, 5.41) is 1.28. The van der Waals surface area contributed by atoms with Gasteiger partial charge in [0.05, 0.1) is 5.69 Å². The minimum Gasteiger partial charge on any atom is -0.267 e. The van der Waals surface area contributed by atoms with E-state index in [2.05, 4.69) is 5.43 Å². The molecule has 4 heteroatoms. The first kappa shape index (κ1) is 11.4. The summed E-state index contributed by atoms with van der Waals surface area (Å²) in [4.78, 5) is 23.7. The molecule has 0 aromatic heterocycles. The van der Waals surface area contributed by atoms with Crippen LogP contribution in [0.2, 0.25) is 0 Å². The number of allylic oxidation sites excluding steroid dienone is 1. The molecule has 1 saturated heterocycles. The first-order valence-electron chi connectivity index (χ1n) is 5.40. The average molecular weight is 230 g/mol. The third kappa shape index (κ3) is 1.93. The van der Waals surface area contributed by atoms with Gasteiger partial charge in [-0.15, -0.1) is 0 Å². The normalized spacial score (nSPS) is 15.2. The molecule has 2 amide bonds. The molecule has 88 valence electrons. The Balaban J connectivity index is 2.38. The molecule has 0 radical (unpaired) electrons. The van der Waals surface area contributed by atoms with Gasteiger partial charge >= 0.3 is 0 Å². The number of rotatable bonds is 1. The lowest BCUT2D eigenvalue weighted by Crippen LogP contribution is -2.35. The lowest BCUT2D eigenvalue weighted by Gasteiger charge is -2.14. The Morgan fingerprint density at radius 3 is 2.18 bits per heavy atom. The Hall–Kier alpha value is -2.10. The van der Waals surface area contributed by atoms with Crippen molar-refractivity contribution in [2.45, 2.75) is 20.8 Å². The van der Waals surface area contributed by atoms with Crippen LogP contribution < -0.4 is 10.4 Å². The van der Waals surface area contributed by atoms with Gasteiger partial charge in [0, 0.05) is 0 Å². The number of hydrogen-bond donors (Lipinski definition) is 1. The van der Waals surface area contributed by atoms with E-state index in [9.17, 15) is 9.59 Å². The Morgan fingerprint density at radius 2 is 1.71 bits per heavy atom. The highest BCUT2D eigenvalue weighted by atomic mass is 16.2. The van der Waals surface area contributed by atoms with E-state index in [4.69, 9.17) is 0 Å². The number of benzene rings is 1. The van der Waals surface area contributed by atoms with Crippen LogP contribution in [0, 0.1) is 6.92 Å². The molecule has 0 spiro atoms. The fraction of sp³-hybridized carbons (Fsp3) is 0.231. The average Bonchev–Trinajstić information content (AvgIpc) is 2.55. The van der Waals surface area contributed by atoms with Crippen molar-refractivity contribution in [2.24, 2.45) is 0 Å². The summed E-state index contributed by atoms with van der Waals surface area (Å²) < 4.78 is 0. The number of hydrazine groups is 1. The van der Waals surface area contributed by atoms with Crippen LogP contribution in [0.15, 0.2) is 35.4 Å². The second kappa shape index (κ2) is 4.05. The maximum Gasteiger partial charge on any atom is 0.282 e. The van der Waals surface area contributed by atoms with Crippen molar-refractivity contribution in [1.29, 1.82) is 0 Å². The molecule has 4 nitrogen and oxygen atoms in total. The quantitative estimate of drug-likeness (QED) is 0.589. The number of aryl methyl sites for hydroxylation is 1. The van der Waals surface area contributed by atoms with Crippen LogP contribution in [0.3, 0.4) is 0 Å². The summed E-state index contributed by atoms with van der Waals surface area (Å²) in [6, 6.07) is 7.41. The molecule has 0 atom stereocenters.